The predicted molar refractivity (Wildman–Crippen MR) is 50.6 cm³/mol. The number of methoxy groups -OCH3 is 1. The van der Waals surface area contributed by atoms with Gasteiger partial charge < -0.3 is 4.74 Å². The lowest BCUT2D eigenvalue weighted by Gasteiger charge is -2.03. The summed E-state index contributed by atoms with van der Waals surface area (Å²) in [6.45, 7) is 8.49. The molecule has 0 atom stereocenters. The molecule has 14 heavy (non-hydrogen) atoms. The molecule has 0 aliphatic rings. The molecule has 0 spiro atoms. The molecule has 0 saturated carbocycles. The van der Waals surface area contributed by atoms with Gasteiger partial charge in [0, 0.05) is 6.07 Å². The largest absolute Gasteiger partial charge is 0.491 e. The first-order chi connectivity index (χ1) is 6.60. The lowest BCUT2D eigenvalue weighted by molar-refractivity contribution is -0.385. The SMILES string of the molecule is [C-]#[N+]c1cc(OC)c([N+](=O)[O-])cc1C. The molecule has 1 rings (SSSR count). The molecule has 0 bridgehead atoms. The topological polar surface area (TPSA) is 56.7 Å². The summed E-state index contributed by atoms with van der Waals surface area (Å²) in [4.78, 5) is 13.3. The van der Waals surface area contributed by atoms with E-state index >= 15 is 0 Å². The first-order valence-corrected chi connectivity index (χ1v) is 3.80. The number of hydrogen-bond acceptors (Lipinski definition) is 3. The van der Waals surface area contributed by atoms with Crippen LogP contribution in [0.2, 0.25) is 0 Å². The van der Waals surface area contributed by atoms with Gasteiger partial charge in [-0.3, -0.25) is 10.1 Å². The van der Waals surface area contributed by atoms with Crippen molar-refractivity contribution in [3.05, 3.63) is 39.2 Å². The summed E-state index contributed by atoms with van der Waals surface area (Å²) in [7, 11) is 1.34. The van der Waals surface area contributed by atoms with Gasteiger partial charge >= 0.3 is 5.69 Å². The number of hydrogen-bond donors (Lipinski definition) is 0. The van der Waals surface area contributed by atoms with Crippen molar-refractivity contribution in [2.75, 3.05) is 7.11 Å². The number of ether oxygens (including phenoxy) is 1. The number of nitro groups is 1. The molecule has 0 unspecified atom stereocenters. The van der Waals surface area contributed by atoms with E-state index in [2.05, 4.69) is 4.85 Å². The Bertz CT molecular complexity index is 421. The Labute approximate surface area is 80.9 Å². The fourth-order valence-electron chi connectivity index (χ4n) is 1.09. The van der Waals surface area contributed by atoms with Gasteiger partial charge in [0.05, 0.1) is 18.6 Å². The smallest absolute Gasteiger partial charge is 0.308 e. The summed E-state index contributed by atoms with van der Waals surface area (Å²) >= 11 is 0. The van der Waals surface area contributed by atoms with Gasteiger partial charge in [-0.05, 0) is 18.6 Å². The third-order valence-corrected chi connectivity index (χ3v) is 1.81. The fraction of sp³-hybridized carbons (Fsp3) is 0.222. The van der Waals surface area contributed by atoms with E-state index < -0.39 is 4.92 Å². The Balaban J connectivity index is 3.41. The summed E-state index contributed by atoms with van der Waals surface area (Å²) in [6.07, 6.45) is 0. The lowest BCUT2D eigenvalue weighted by atomic mass is 10.1. The number of rotatable bonds is 2. The Morgan fingerprint density at radius 1 is 1.57 bits per heavy atom. The number of benzene rings is 1. The van der Waals surface area contributed by atoms with Crippen LogP contribution >= 0.6 is 0 Å². The second-order valence-electron chi connectivity index (χ2n) is 2.68. The van der Waals surface area contributed by atoms with Gasteiger partial charge in [-0.25, -0.2) is 4.85 Å². The van der Waals surface area contributed by atoms with E-state index in [9.17, 15) is 10.1 Å². The summed E-state index contributed by atoms with van der Waals surface area (Å²) in [5, 5.41) is 10.6. The van der Waals surface area contributed by atoms with E-state index in [0.717, 1.165) is 0 Å². The highest BCUT2D eigenvalue weighted by Crippen LogP contribution is 2.33. The van der Waals surface area contributed by atoms with Crippen molar-refractivity contribution in [2.45, 2.75) is 6.92 Å². The third kappa shape index (κ3) is 1.64. The Kier molecular flexibility index (Phi) is 2.67. The Morgan fingerprint density at radius 2 is 2.21 bits per heavy atom. The van der Waals surface area contributed by atoms with Gasteiger partial charge in [0.15, 0.2) is 11.4 Å². The zero-order valence-corrected chi connectivity index (χ0v) is 7.77. The van der Waals surface area contributed by atoms with Crippen molar-refractivity contribution in [1.82, 2.24) is 0 Å². The molecule has 0 aliphatic heterocycles. The summed E-state index contributed by atoms with van der Waals surface area (Å²) in [5.74, 6) is 0.117. The van der Waals surface area contributed by atoms with E-state index in [0.29, 0.717) is 11.3 Å². The fourth-order valence-corrected chi connectivity index (χ4v) is 1.09. The normalized spacial score (nSPS) is 9.21. The molecule has 0 aliphatic carbocycles. The zero-order chi connectivity index (χ0) is 10.7. The maximum atomic E-state index is 10.6. The van der Waals surface area contributed by atoms with Gasteiger partial charge in [-0.15, -0.1) is 0 Å². The average Bonchev–Trinajstić information content (AvgIpc) is 2.17. The minimum absolute atomic E-state index is 0.114. The summed E-state index contributed by atoms with van der Waals surface area (Å²) in [6, 6.07) is 2.71. The van der Waals surface area contributed by atoms with Crippen LogP contribution in [-0.2, 0) is 0 Å². The van der Waals surface area contributed by atoms with E-state index in [-0.39, 0.29) is 11.4 Å². The summed E-state index contributed by atoms with van der Waals surface area (Å²) in [5.41, 5.74) is 0.831. The van der Waals surface area contributed by atoms with Crippen LogP contribution in [-0.4, -0.2) is 12.0 Å². The summed E-state index contributed by atoms with van der Waals surface area (Å²) < 4.78 is 4.82. The second-order valence-corrected chi connectivity index (χ2v) is 2.68. The van der Waals surface area contributed by atoms with Crippen LogP contribution in [0.25, 0.3) is 4.85 Å². The highest BCUT2D eigenvalue weighted by atomic mass is 16.6. The van der Waals surface area contributed by atoms with E-state index in [1.807, 2.05) is 0 Å². The van der Waals surface area contributed by atoms with E-state index in [1.165, 1.54) is 19.2 Å². The molecule has 0 radical (unpaired) electrons. The van der Waals surface area contributed by atoms with Crippen LogP contribution < -0.4 is 4.74 Å². The Morgan fingerprint density at radius 3 is 2.64 bits per heavy atom. The number of nitro benzene ring substituents is 1. The quantitative estimate of drug-likeness (QED) is 0.411. The van der Waals surface area contributed by atoms with Gasteiger partial charge in [0.25, 0.3) is 0 Å². The second kappa shape index (κ2) is 3.75. The van der Waals surface area contributed by atoms with Crippen LogP contribution in [0.15, 0.2) is 12.1 Å². The number of aryl methyl sites for hydroxylation is 1. The minimum atomic E-state index is -0.528. The van der Waals surface area contributed by atoms with E-state index in [4.69, 9.17) is 11.3 Å². The van der Waals surface area contributed by atoms with Crippen molar-refractivity contribution in [3.63, 3.8) is 0 Å². The van der Waals surface area contributed by atoms with Crippen molar-refractivity contribution in [1.29, 1.82) is 0 Å². The first-order valence-electron chi connectivity index (χ1n) is 3.80. The maximum absolute atomic E-state index is 10.6. The van der Waals surface area contributed by atoms with Gasteiger partial charge in [0.2, 0.25) is 0 Å². The molecular weight excluding hydrogens is 184 g/mol. The van der Waals surface area contributed by atoms with Crippen LogP contribution in [0.4, 0.5) is 11.4 Å². The highest BCUT2D eigenvalue weighted by molar-refractivity contribution is 5.63. The Hall–Kier alpha value is -2.09. The highest BCUT2D eigenvalue weighted by Gasteiger charge is 2.16. The van der Waals surface area contributed by atoms with E-state index in [1.54, 1.807) is 6.92 Å². The third-order valence-electron chi connectivity index (χ3n) is 1.81. The molecule has 0 N–H and O–H groups in total. The monoisotopic (exact) mass is 192 g/mol. The molecule has 0 aromatic heterocycles. The molecule has 5 nitrogen and oxygen atoms in total. The molecular formula is C9H8N2O3. The van der Waals surface area contributed by atoms with Crippen LogP contribution in [0.3, 0.4) is 0 Å². The van der Waals surface area contributed by atoms with Crippen LogP contribution in [0, 0.1) is 23.6 Å². The lowest BCUT2D eigenvalue weighted by Crippen LogP contribution is -1.94. The van der Waals surface area contributed by atoms with Crippen molar-refractivity contribution >= 4 is 11.4 Å². The van der Waals surface area contributed by atoms with Crippen molar-refractivity contribution in [3.8, 4) is 5.75 Å². The molecule has 0 amide bonds. The molecule has 72 valence electrons. The number of nitrogens with zero attached hydrogens (tertiary/aromatic N) is 2. The zero-order valence-electron chi connectivity index (χ0n) is 7.77. The van der Waals surface area contributed by atoms with Gasteiger partial charge in [-0.2, -0.15) is 0 Å². The van der Waals surface area contributed by atoms with Crippen LogP contribution in [0.5, 0.6) is 5.75 Å². The predicted octanol–water partition coefficient (Wildman–Crippen LogP) is 2.46. The average molecular weight is 192 g/mol. The molecule has 0 heterocycles. The molecule has 0 fully saturated rings. The molecule has 1 aromatic carbocycles. The molecule has 0 saturated heterocycles. The van der Waals surface area contributed by atoms with Gasteiger partial charge in [-0.1, -0.05) is 0 Å². The first kappa shape index (κ1) is 9.99. The van der Waals surface area contributed by atoms with Gasteiger partial charge in [0.1, 0.15) is 0 Å². The van der Waals surface area contributed by atoms with Crippen molar-refractivity contribution < 1.29 is 9.66 Å². The minimum Gasteiger partial charge on any atom is -0.491 e. The molecule has 1 aromatic rings. The van der Waals surface area contributed by atoms with Crippen molar-refractivity contribution in [2.24, 2.45) is 0 Å². The molecule has 5 heteroatoms. The maximum Gasteiger partial charge on any atom is 0.308 e. The standard InChI is InChI=1S/C9H8N2O3/c1-6-4-8(11(12)13)9(14-3)5-7(6)10-2/h4-5H,1,3H3. The van der Waals surface area contributed by atoms with Crippen LogP contribution in [0.1, 0.15) is 5.56 Å².